The number of hydrogen-bond donors (Lipinski definition) is 2. The zero-order valence-corrected chi connectivity index (χ0v) is 66.0. The molecule has 2 N–H and O–H groups in total. The highest BCUT2D eigenvalue weighted by atomic mass is 79.9. The molecule has 0 saturated heterocycles. The van der Waals surface area contributed by atoms with Gasteiger partial charge in [-0.05, 0) is 241 Å². The van der Waals surface area contributed by atoms with E-state index in [4.69, 9.17) is 77.4 Å². The molecule has 0 atom stereocenters. The molecule has 17 aromatic carbocycles. The van der Waals surface area contributed by atoms with Gasteiger partial charge in [0.15, 0.2) is 0 Å². The van der Waals surface area contributed by atoms with Crippen molar-refractivity contribution in [2.45, 2.75) is 0 Å². The van der Waals surface area contributed by atoms with Crippen LogP contribution in [0.5, 0.6) is 0 Å². The largest absolute Gasteiger partial charge is 0.489 e. The first-order valence-electron chi connectivity index (χ1n) is 38.6. The molecular weight excluding hydrogens is 1500 g/mol. The fraction of sp³-hybridized carbons (Fsp3) is 0. The minimum absolute atomic E-state index is 0.563. The van der Waals surface area contributed by atoms with Gasteiger partial charge in [-0.1, -0.05) is 317 Å². The zero-order chi connectivity index (χ0) is 79.4. The van der Waals surface area contributed by atoms with E-state index in [2.05, 4.69) is 329 Å². The van der Waals surface area contributed by atoms with E-state index in [0.717, 1.165) is 19.7 Å². The summed E-state index contributed by atoms with van der Waals surface area (Å²) in [6, 6.07) is 120. The van der Waals surface area contributed by atoms with Crippen molar-refractivity contribution in [1.29, 1.82) is 0 Å². The molecule has 0 fully saturated rings. The lowest BCUT2D eigenvalue weighted by atomic mass is 8.41. The van der Waals surface area contributed by atoms with Gasteiger partial charge in [-0.3, -0.25) is 0 Å². The fourth-order valence-corrected chi connectivity index (χ4v) is 19.0. The lowest BCUT2D eigenvalue weighted by Crippen LogP contribution is -2.78. The van der Waals surface area contributed by atoms with Gasteiger partial charge >= 0.3 is 7.12 Å². The first kappa shape index (κ1) is 77.7. The summed E-state index contributed by atoms with van der Waals surface area (Å²) in [4.78, 5) is 0. The summed E-state index contributed by atoms with van der Waals surface area (Å²) in [5.74, 6) is 0. The van der Waals surface area contributed by atoms with Gasteiger partial charge in [0, 0.05) is 137 Å². The number of halogens is 2. The Bertz CT molecular complexity index is 6160. The third-order valence-corrected chi connectivity index (χ3v) is 24.0. The van der Waals surface area contributed by atoms with E-state index in [1.54, 1.807) is 6.07 Å². The molecule has 0 aliphatic heterocycles. The number of rotatable bonds is 14. The molecule has 20 rings (SSSR count). The van der Waals surface area contributed by atoms with E-state index in [1.807, 2.05) is 30.3 Å². The summed E-state index contributed by atoms with van der Waals surface area (Å²) in [5, 5.41) is 31.3. The average molecular weight is 1560 g/mol. The molecule has 0 amide bonds. The third kappa shape index (κ3) is 14.7. The molecule has 0 unspecified atom stereocenters. The Morgan fingerprint density at radius 2 is 0.426 bits per heavy atom. The molecule has 0 bridgehead atoms. The van der Waals surface area contributed by atoms with Crippen molar-refractivity contribution in [3.8, 4) is 134 Å². The molecule has 115 heavy (non-hydrogen) atoms. The molecule has 0 saturated carbocycles. The number of benzene rings is 17. The van der Waals surface area contributed by atoms with Crippen LogP contribution in [0.15, 0.2) is 343 Å². The number of hydrogen-bond acceptors (Lipinski definition) is 2. The second-order valence-corrected chi connectivity index (χ2v) is 31.8. The van der Waals surface area contributed by atoms with Crippen LogP contribution in [-0.2, 0) is 0 Å². The summed E-state index contributed by atoms with van der Waals surface area (Å²) >= 11 is 7.39. The smallest absolute Gasteiger partial charge is 0.423 e. The van der Waals surface area contributed by atoms with Gasteiger partial charge in [0.25, 0.3) is 0 Å². The Morgan fingerprint density at radius 1 is 0.183 bits per heavy atom. The van der Waals surface area contributed by atoms with Crippen LogP contribution in [0.1, 0.15) is 0 Å². The molecule has 3 aliphatic carbocycles. The molecule has 3 aliphatic rings. The van der Waals surface area contributed by atoms with Crippen LogP contribution >= 0.6 is 31.9 Å². The Labute approximate surface area is 706 Å². The van der Waals surface area contributed by atoms with Crippen molar-refractivity contribution in [1.82, 2.24) is 0 Å². The van der Waals surface area contributed by atoms with Crippen molar-refractivity contribution < 1.29 is 10.0 Å². The molecule has 23 heteroatoms. The predicted octanol–water partition coefficient (Wildman–Crippen LogP) is 18.1. The second-order valence-electron chi connectivity index (χ2n) is 29.9. The van der Waals surface area contributed by atoms with Crippen LogP contribution in [0.2, 0.25) is 0 Å². The van der Waals surface area contributed by atoms with E-state index >= 15 is 0 Å². The Hall–Kier alpha value is -9.85. The molecule has 0 heterocycles. The highest BCUT2D eigenvalue weighted by Crippen LogP contribution is 2.54. The van der Waals surface area contributed by atoms with E-state index < -0.39 is 58.2 Å². The Balaban J connectivity index is 0.000000129. The van der Waals surface area contributed by atoms with Crippen molar-refractivity contribution >= 4 is 227 Å². The molecule has 0 aromatic heterocycles. The van der Waals surface area contributed by atoms with Gasteiger partial charge in [-0.15, -0.1) is 0 Å². The summed E-state index contributed by atoms with van der Waals surface area (Å²) in [7, 11) is 55.3. The molecule has 20 radical (unpaired) electrons. The van der Waals surface area contributed by atoms with Gasteiger partial charge in [0.05, 0.1) is 0 Å². The van der Waals surface area contributed by atoms with E-state index in [-0.39, 0.29) is 0 Å². The molecule has 17 aromatic rings. The van der Waals surface area contributed by atoms with Gasteiger partial charge in [-0.25, -0.2) is 0 Å². The van der Waals surface area contributed by atoms with Crippen molar-refractivity contribution in [3.63, 3.8) is 0 Å². The maximum atomic E-state index is 9.50. The van der Waals surface area contributed by atoms with Crippen LogP contribution in [0, 0.1) is 0 Å². The quantitative estimate of drug-likeness (QED) is 0.107. The standard InChI is InChI=1S/C54H32.C22H14Br2.C16H11BO2.B18/c1-3-13-33(14-4-1)49-29-35(37-25-27-47-41-19-9-7-17-39(41)45-23-11-21-43(37)53(45)47)32-52-50(34-15-5-2-6-16-34)30-36(31-51(49)52)38-26-28-48-42-20-10-8-18-40(42)46-24-12-22-44(38)54(46)48;23-17-11-19(15-7-3-1-4-8-15)21-13-18(24)12-20(22(21)14-17)16-9-5-2-6-10-16;18-17(19)15-9-8-13-11-5-2-1-4-10(11)12-6-3-7-14(15)16(12)13;1-11(2)16(12(3)4)18(15(9)10)17(13(5)6)14(7)8/h1-32H;1-14H;1-9,18-19H;. The minimum Gasteiger partial charge on any atom is -0.423 e. The monoisotopic (exact) mass is 1560 g/mol. The fourth-order valence-electron chi connectivity index (χ4n) is 18.1. The van der Waals surface area contributed by atoms with Crippen LogP contribution in [0.3, 0.4) is 0 Å². The molecule has 0 spiro atoms. The maximum absolute atomic E-state index is 9.50. The van der Waals surface area contributed by atoms with E-state index in [0.29, 0.717) is 5.46 Å². The number of fused-ring (bicyclic) bond motifs is 11. The summed E-state index contributed by atoms with van der Waals surface area (Å²) in [6.07, 6.45) is -6.04. The van der Waals surface area contributed by atoms with E-state index in [1.165, 1.54) is 177 Å². The first-order chi connectivity index (χ1) is 55.9. The Morgan fingerprint density at radius 3 is 0.730 bits per heavy atom. The minimum atomic E-state index is -1.44. The van der Waals surface area contributed by atoms with Crippen LogP contribution < -0.4 is 5.46 Å². The summed E-state index contributed by atoms with van der Waals surface area (Å²) < 4.78 is 2.18. The normalized spacial score (nSPS) is 11.3. The van der Waals surface area contributed by atoms with Gasteiger partial charge in [0.2, 0.25) is 0 Å². The predicted molar refractivity (Wildman–Crippen MR) is 522 cm³/mol. The maximum Gasteiger partial charge on any atom is 0.489 e. The SMILES string of the molecule is Brc1cc(-c2ccccc2)c2cc(Br)cc(-c3ccccc3)c2c1.OB(O)c1ccc2c3c(cccc13)-c1ccccc1-2.[B]B([B])B(B([B])[B])B(B([B])[B])B(B([B])[B])B([B])[B].c1ccc(-c2cc(-c3ccc4c5c(cccc35)-c3ccccc3-4)cc3c(-c4ccccc4)cc(-c4ccc5c6c(cccc46)-c4ccccc4-5)cc23)cc1. The summed E-state index contributed by atoms with van der Waals surface area (Å²) in [5.41, 5.74) is 30.8. The lowest BCUT2D eigenvalue weighted by molar-refractivity contribution is 0.426. The van der Waals surface area contributed by atoms with Crippen molar-refractivity contribution in [3.05, 3.63) is 343 Å². The van der Waals surface area contributed by atoms with E-state index in [9.17, 15) is 10.0 Å². The molecule has 2 nitrogen and oxygen atoms in total. The van der Waals surface area contributed by atoms with Gasteiger partial charge < -0.3 is 10.0 Å². The highest BCUT2D eigenvalue weighted by Gasteiger charge is 2.42. The molecule has 508 valence electrons. The Kier molecular flexibility index (Phi) is 22.3. The van der Waals surface area contributed by atoms with Crippen LogP contribution in [0.25, 0.3) is 187 Å². The van der Waals surface area contributed by atoms with Crippen molar-refractivity contribution in [2.75, 3.05) is 0 Å². The van der Waals surface area contributed by atoms with Gasteiger partial charge in [0.1, 0.15) is 0 Å². The summed E-state index contributed by atoms with van der Waals surface area (Å²) in [6.45, 7) is 0. The highest BCUT2D eigenvalue weighted by molar-refractivity contribution is 9.10. The van der Waals surface area contributed by atoms with Gasteiger partial charge in [-0.2, -0.15) is 0 Å². The zero-order valence-electron chi connectivity index (χ0n) is 62.9. The third-order valence-electron chi connectivity index (χ3n) is 23.1. The van der Waals surface area contributed by atoms with Crippen LogP contribution in [-0.4, -0.2) is 146 Å². The topological polar surface area (TPSA) is 40.5 Å². The molecular formula is C92H57B19Br2O2. The van der Waals surface area contributed by atoms with Crippen LogP contribution in [0.4, 0.5) is 0 Å². The lowest BCUT2D eigenvalue weighted by Gasteiger charge is -2.40. The van der Waals surface area contributed by atoms with Crippen molar-refractivity contribution in [2.24, 2.45) is 0 Å². The first-order valence-corrected chi connectivity index (χ1v) is 40.1. The average Bonchev–Trinajstić information content (AvgIpc) is 1.61. The second kappa shape index (κ2) is 33.0.